The van der Waals surface area contributed by atoms with Gasteiger partial charge in [0.2, 0.25) is 10.0 Å². The van der Waals surface area contributed by atoms with Gasteiger partial charge in [-0.05, 0) is 35.4 Å². The summed E-state index contributed by atoms with van der Waals surface area (Å²) in [6.07, 6.45) is 4.61. The van der Waals surface area contributed by atoms with E-state index in [9.17, 15) is 13.2 Å². The van der Waals surface area contributed by atoms with Gasteiger partial charge in [-0.1, -0.05) is 86.1 Å². The molecule has 0 aliphatic carbocycles. The summed E-state index contributed by atoms with van der Waals surface area (Å²) in [5, 5.41) is 6.07. The Hall–Kier alpha value is -3.40. The number of primary sulfonamides is 1. The van der Waals surface area contributed by atoms with E-state index in [1.165, 1.54) is 17.8 Å². The molecule has 0 saturated heterocycles. The monoisotopic (exact) mass is 549 g/mol. The molecule has 1 aromatic heterocycles. The van der Waals surface area contributed by atoms with Crippen molar-refractivity contribution in [2.45, 2.75) is 49.3 Å². The molecule has 0 bridgehead atoms. The van der Waals surface area contributed by atoms with Crippen molar-refractivity contribution in [1.82, 2.24) is 9.55 Å². The van der Waals surface area contributed by atoms with Crippen LogP contribution in [0.4, 0.5) is 0 Å². The Morgan fingerprint density at radius 3 is 2.32 bits per heavy atom. The molecule has 0 atom stereocenters. The van der Waals surface area contributed by atoms with Gasteiger partial charge in [-0.3, -0.25) is 0 Å². The molecule has 0 saturated carbocycles. The van der Waals surface area contributed by atoms with Crippen molar-refractivity contribution in [1.29, 1.82) is 0 Å². The first-order valence-electron chi connectivity index (χ1n) is 12.4. The Labute approximate surface area is 228 Å². The van der Waals surface area contributed by atoms with Crippen LogP contribution in [0.3, 0.4) is 0 Å². The predicted octanol–water partition coefficient (Wildman–Crippen LogP) is 5.67. The number of benzene rings is 3. The largest absolute Gasteiger partial charge is 0.456 e. The van der Waals surface area contributed by atoms with E-state index in [1.807, 2.05) is 65.4 Å². The van der Waals surface area contributed by atoms with Crippen LogP contribution in [0.25, 0.3) is 11.1 Å². The summed E-state index contributed by atoms with van der Waals surface area (Å²) in [4.78, 5) is 18.2. The first-order chi connectivity index (χ1) is 18.3. The van der Waals surface area contributed by atoms with Crippen LogP contribution in [-0.4, -0.2) is 30.2 Å². The van der Waals surface area contributed by atoms with E-state index < -0.39 is 16.0 Å². The van der Waals surface area contributed by atoms with Gasteiger partial charge < -0.3 is 9.30 Å². The Morgan fingerprint density at radius 2 is 1.66 bits per heavy atom. The van der Waals surface area contributed by atoms with Crippen LogP contribution in [0.5, 0.6) is 0 Å². The number of sulfonamides is 1. The van der Waals surface area contributed by atoms with Gasteiger partial charge in [-0.15, -0.1) is 11.8 Å². The van der Waals surface area contributed by atoms with Gasteiger partial charge in [0.05, 0.1) is 4.90 Å². The minimum atomic E-state index is -3.86. The average Bonchev–Trinajstić information content (AvgIpc) is 3.28. The van der Waals surface area contributed by atoms with Crippen LogP contribution < -0.4 is 5.14 Å². The van der Waals surface area contributed by atoms with Crippen LogP contribution in [0.15, 0.2) is 88.8 Å². The fourth-order valence-electron chi connectivity index (χ4n) is 4.23. The number of aromatic nitrogens is 2. The van der Waals surface area contributed by atoms with Crippen LogP contribution in [0.2, 0.25) is 0 Å². The highest BCUT2D eigenvalue weighted by Crippen LogP contribution is 2.28. The Balaban J connectivity index is 1.65. The third kappa shape index (κ3) is 6.53. The molecule has 0 amide bonds. The number of aryl methyl sites for hydroxylation is 1. The molecule has 4 aromatic rings. The highest BCUT2D eigenvalue weighted by molar-refractivity contribution is 7.98. The molecule has 0 unspecified atom stereocenters. The second kappa shape index (κ2) is 12.4. The van der Waals surface area contributed by atoms with Crippen LogP contribution in [0.1, 0.15) is 47.2 Å². The molecule has 0 spiro atoms. The van der Waals surface area contributed by atoms with Crippen LogP contribution >= 0.6 is 11.8 Å². The standard InChI is InChI=1S/C29H31N3O4S2/c1-3-4-14-26-31-28(37-2)27(29(33)36-20-22-10-6-5-7-11-22)32(26)19-21-15-17-23(18-16-21)24-12-8-9-13-25(24)38(30,34)35/h5-13,15-18H,3-4,14,19-20H2,1-2H3,(H2,30,34,35). The molecular weight excluding hydrogens is 518 g/mol. The molecule has 38 heavy (non-hydrogen) atoms. The zero-order valence-corrected chi connectivity index (χ0v) is 23.1. The Morgan fingerprint density at radius 1 is 0.974 bits per heavy atom. The first-order valence-corrected chi connectivity index (χ1v) is 15.1. The van der Waals surface area contributed by atoms with Gasteiger partial charge in [-0.2, -0.15) is 0 Å². The van der Waals surface area contributed by atoms with E-state index in [0.29, 0.717) is 22.8 Å². The second-order valence-corrected chi connectivity index (χ2v) is 11.2. The summed E-state index contributed by atoms with van der Waals surface area (Å²) < 4.78 is 31.8. The predicted molar refractivity (Wildman–Crippen MR) is 151 cm³/mol. The molecule has 3 aromatic carbocycles. The van der Waals surface area contributed by atoms with E-state index >= 15 is 0 Å². The minimum absolute atomic E-state index is 0.0808. The van der Waals surface area contributed by atoms with Gasteiger partial charge in [-0.25, -0.2) is 23.3 Å². The van der Waals surface area contributed by atoms with E-state index in [-0.39, 0.29) is 11.5 Å². The summed E-state index contributed by atoms with van der Waals surface area (Å²) in [6.45, 7) is 2.73. The van der Waals surface area contributed by atoms with E-state index in [4.69, 9.17) is 14.9 Å². The lowest BCUT2D eigenvalue weighted by Crippen LogP contribution is -2.16. The zero-order chi connectivity index (χ0) is 27.1. The van der Waals surface area contributed by atoms with Crippen molar-refractivity contribution >= 4 is 27.8 Å². The average molecular weight is 550 g/mol. The molecular formula is C29H31N3O4S2. The number of esters is 1. The lowest BCUT2D eigenvalue weighted by Gasteiger charge is -2.14. The fraction of sp³-hybridized carbons (Fsp3) is 0.241. The third-order valence-corrected chi connectivity index (χ3v) is 7.81. The number of nitrogens with two attached hydrogens (primary N) is 1. The molecule has 7 nitrogen and oxygen atoms in total. The number of carbonyl (C=O) groups excluding carboxylic acids is 1. The van der Waals surface area contributed by atoms with Crippen molar-refractivity contribution in [3.63, 3.8) is 0 Å². The zero-order valence-electron chi connectivity index (χ0n) is 21.5. The fourth-order valence-corrected chi connectivity index (χ4v) is 5.57. The summed E-state index contributed by atoms with van der Waals surface area (Å²) in [6, 6.07) is 23.8. The number of thioether (sulfide) groups is 1. The molecule has 0 aliphatic rings. The number of imidazole rings is 1. The maximum Gasteiger partial charge on any atom is 0.358 e. The summed E-state index contributed by atoms with van der Waals surface area (Å²) >= 11 is 1.43. The smallest absolute Gasteiger partial charge is 0.358 e. The molecule has 9 heteroatoms. The quantitative estimate of drug-likeness (QED) is 0.191. The number of nitrogens with zero attached hydrogens (tertiary/aromatic N) is 2. The first kappa shape index (κ1) is 27.6. The van der Waals surface area contributed by atoms with Crippen molar-refractivity contribution in [2.75, 3.05) is 6.26 Å². The van der Waals surface area contributed by atoms with Crippen molar-refractivity contribution in [3.8, 4) is 11.1 Å². The van der Waals surface area contributed by atoms with Crippen molar-refractivity contribution in [2.24, 2.45) is 5.14 Å². The van der Waals surface area contributed by atoms with Gasteiger partial charge in [0.15, 0.2) is 5.69 Å². The molecule has 4 rings (SSSR count). The summed E-state index contributed by atoms with van der Waals surface area (Å²) in [7, 11) is -3.86. The van der Waals surface area contributed by atoms with Crippen LogP contribution in [-0.2, 0) is 34.3 Å². The van der Waals surface area contributed by atoms with Gasteiger partial charge in [0, 0.05) is 18.5 Å². The highest BCUT2D eigenvalue weighted by atomic mass is 32.2. The van der Waals surface area contributed by atoms with Crippen molar-refractivity contribution < 1.29 is 17.9 Å². The summed E-state index contributed by atoms with van der Waals surface area (Å²) in [5.74, 6) is 0.429. The molecule has 2 N–H and O–H groups in total. The van der Waals surface area contributed by atoms with Gasteiger partial charge in [0.25, 0.3) is 0 Å². The normalized spacial score (nSPS) is 11.4. The molecule has 0 radical (unpaired) electrons. The number of hydrogen-bond acceptors (Lipinski definition) is 6. The highest BCUT2D eigenvalue weighted by Gasteiger charge is 2.24. The topological polar surface area (TPSA) is 104 Å². The number of rotatable bonds is 11. The van der Waals surface area contributed by atoms with Gasteiger partial charge >= 0.3 is 5.97 Å². The second-order valence-electron chi connectivity index (χ2n) is 8.88. The van der Waals surface area contributed by atoms with E-state index in [2.05, 4.69) is 6.92 Å². The number of carbonyl (C=O) groups is 1. The SMILES string of the molecule is CCCCc1nc(SC)c(C(=O)OCc2ccccc2)n1Cc1ccc(-c2ccccc2S(N)(=O)=O)cc1. The number of hydrogen-bond donors (Lipinski definition) is 1. The van der Waals surface area contributed by atoms with E-state index in [0.717, 1.165) is 41.8 Å². The van der Waals surface area contributed by atoms with E-state index in [1.54, 1.807) is 18.2 Å². The Kier molecular flexibility index (Phi) is 9.04. The summed E-state index contributed by atoms with van der Waals surface area (Å²) in [5.41, 5.74) is 3.59. The van der Waals surface area contributed by atoms with Crippen molar-refractivity contribution in [3.05, 3.63) is 102 Å². The number of ether oxygens (including phenoxy) is 1. The minimum Gasteiger partial charge on any atom is -0.456 e. The lowest BCUT2D eigenvalue weighted by atomic mass is 10.0. The number of unbranched alkanes of at least 4 members (excludes halogenated alkanes) is 1. The third-order valence-electron chi connectivity index (χ3n) is 6.17. The molecule has 0 aliphatic heterocycles. The molecule has 0 fully saturated rings. The maximum absolute atomic E-state index is 13.3. The molecule has 1 heterocycles. The Bertz CT molecular complexity index is 1500. The van der Waals surface area contributed by atoms with Crippen LogP contribution in [0, 0.1) is 0 Å². The van der Waals surface area contributed by atoms with Gasteiger partial charge in [0.1, 0.15) is 17.5 Å². The maximum atomic E-state index is 13.3. The lowest BCUT2D eigenvalue weighted by molar-refractivity contribution is 0.0455. The molecule has 198 valence electrons.